The second kappa shape index (κ2) is 4.12. The van der Waals surface area contributed by atoms with Gasteiger partial charge < -0.3 is 0 Å². The largest absolute Gasteiger partial charge is 0.285 e. The van der Waals surface area contributed by atoms with Crippen molar-refractivity contribution in [1.29, 1.82) is 5.26 Å². The summed E-state index contributed by atoms with van der Waals surface area (Å²) in [5, 5.41) is 9.93. The Kier molecular flexibility index (Phi) is 3.04. The average molecular weight is 210 g/mol. The molecule has 3 heteroatoms. The van der Waals surface area contributed by atoms with Gasteiger partial charge in [-0.05, 0) is 38.1 Å². The number of hydrogen-bond donors (Lipinski definition) is 0. The maximum atomic E-state index is 9.43. The summed E-state index contributed by atoms with van der Waals surface area (Å²) in [4.78, 5) is 2.45. The highest BCUT2D eigenvalue weighted by molar-refractivity contribution is 8.00. The molecule has 2 aliphatic rings. The molecular formula is C11H18N2S. The number of nitriles is 1. The Morgan fingerprint density at radius 1 is 1.36 bits per heavy atom. The van der Waals surface area contributed by atoms with E-state index in [1.807, 2.05) is 11.8 Å². The molecule has 2 fully saturated rings. The topological polar surface area (TPSA) is 27.0 Å². The number of piperidine rings is 1. The molecule has 2 saturated heterocycles. The van der Waals surface area contributed by atoms with E-state index < -0.39 is 0 Å². The highest BCUT2D eigenvalue weighted by atomic mass is 32.2. The van der Waals surface area contributed by atoms with Gasteiger partial charge in [-0.3, -0.25) is 4.90 Å². The molecule has 2 heterocycles. The quantitative estimate of drug-likeness (QED) is 0.664. The standard InChI is InChI=1S/C11H18N2S/c1-10-11(9-12,5-8-14-10)13-6-3-2-4-7-13/h10H,2-8H2,1H3. The van der Waals surface area contributed by atoms with Crippen LogP contribution >= 0.6 is 11.8 Å². The molecule has 14 heavy (non-hydrogen) atoms. The molecule has 0 aromatic heterocycles. The molecule has 2 rings (SSSR count). The summed E-state index contributed by atoms with van der Waals surface area (Å²) in [5.74, 6) is 1.16. The van der Waals surface area contributed by atoms with Crippen molar-refractivity contribution in [2.45, 2.75) is 43.4 Å². The lowest BCUT2D eigenvalue weighted by atomic mass is 9.90. The third kappa shape index (κ3) is 1.55. The summed E-state index contributed by atoms with van der Waals surface area (Å²) in [5.41, 5.74) is -0.134. The number of likely N-dealkylation sites (tertiary alicyclic amines) is 1. The summed E-state index contributed by atoms with van der Waals surface area (Å²) in [7, 11) is 0. The van der Waals surface area contributed by atoms with E-state index in [-0.39, 0.29) is 5.54 Å². The van der Waals surface area contributed by atoms with Gasteiger partial charge in [-0.25, -0.2) is 0 Å². The van der Waals surface area contributed by atoms with Crippen LogP contribution in [0.1, 0.15) is 32.6 Å². The number of nitrogens with zero attached hydrogens (tertiary/aromatic N) is 2. The molecule has 0 aromatic carbocycles. The van der Waals surface area contributed by atoms with Crippen LogP contribution in [0, 0.1) is 11.3 Å². The minimum Gasteiger partial charge on any atom is -0.285 e. The lowest BCUT2D eigenvalue weighted by molar-refractivity contribution is 0.113. The zero-order valence-electron chi connectivity index (χ0n) is 8.83. The zero-order valence-corrected chi connectivity index (χ0v) is 9.65. The van der Waals surface area contributed by atoms with Gasteiger partial charge in [0.25, 0.3) is 0 Å². The van der Waals surface area contributed by atoms with Crippen LogP contribution < -0.4 is 0 Å². The molecule has 2 aliphatic heterocycles. The van der Waals surface area contributed by atoms with Crippen LogP contribution in [0.15, 0.2) is 0 Å². The Morgan fingerprint density at radius 3 is 2.57 bits per heavy atom. The summed E-state index contributed by atoms with van der Waals surface area (Å²) < 4.78 is 0. The van der Waals surface area contributed by atoms with Crippen molar-refractivity contribution >= 4 is 11.8 Å². The van der Waals surface area contributed by atoms with Crippen molar-refractivity contribution in [2.24, 2.45) is 0 Å². The van der Waals surface area contributed by atoms with Gasteiger partial charge >= 0.3 is 0 Å². The van der Waals surface area contributed by atoms with E-state index in [1.165, 1.54) is 19.3 Å². The van der Waals surface area contributed by atoms with Crippen LogP contribution in [0.4, 0.5) is 0 Å². The summed E-state index contributed by atoms with van der Waals surface area (Å²) in [6, 6.07) is 2.60. The maximum absolute atomic E-state index is 9.43. The third-order valence-corrected chi connectivity index (χ3v) is 4.97. The fourth-order valence-electron chi connectivity index (χ4n) is 2.66. The molecule has 0 bridgehead atoms. The van der Waals surface area contributed by atoms with E-state index in [4.69, 9.17) is 0 Å². The van der Waals surface area contributed by atoms with E-state index in [0.29, 0.717) is 5.25 Å². The molecule has 0 N–H and O–H groups in total. The van der Waals surface area contributed by atoms with E-state index in [9.17, 15) is 5.26 Å². The fraction of sp³-hybridized carbons (Fsp3) is 0.909. The van der Waals surface area contributed by atoms with Crippen molar-refractivity contribution in [2.75, 3.05) is 18.8 Å². The molecule has 0 aromatic rings. The van der Waals surface area contributed by atoms with Crippen molar-refractivity contribution in [3.8, 4) is 6.07 Å². The molecule has 0 saturated carbocycles. The van der Waals surface area contributed by atoms with E-state index in [1.54, 1.807) is 0 Å². The van der Waals surface area contributed by atoms with Gasteiger partial charge in [0.1, 0.15) is 5.54 Å². The van der Waals surface area contributed by atoms with E-state index in [0.717, 1.165) is 25.3 Å². The molecule has 2 atom stereocenters. The van der Waals surface area contributed by atoms with Gasteiger partial charge in [-0.15, -0.1) is 0 Å². The molecule has 0 aliphatic carbocycles. The van der Waals surface area contributed by atoms with Crippen LogP contribution in [0.5, 0.6) is 0 Å². The third-order valence-electron chi connectivity index (χ3n) is 3.64. The van der Waals surface area contributed by atoms with Gasteiger partial charge in [-0.2, -0.15) is 17.0 Å². The first-order valence-electron chi connectivity index (χ1n) is 5.57. The van der Waals surface area contributed by atoms with Gasteiger partial charge in [0.2, 0.25) is 0 Å². The zero-order chi connectivity index (χ0) is 10.0. The highest BCUT2D eigenvalue weighted by Gasteiger charge is 2.46. The van der Waals surface area contributed by atoms with Crippen LogP contribution in [0.2, 0.25) is 0 Å². The van der Waals surface area contributed by atoms with Crippen LogP contribution in [-0.4, -0.2) is 34.5 Å². The molecule has 2 unspecified atom stereocenters. The monoisotopic (exact) mass is 210 g/mol. The minimum absolute atomic E-state index is 0.134. The normalized spacial score (nSPS) is 39.6. The molecule has 0 radical (unpaired) electrons. The maximum Gasteiger partial charge on any atom is 0.121 e. The molecular weight excluding hydrogens is 192 g/mol. The van der Waals surface area contributed by atoms with E-state index in [2.05, 4.69) is 17.9 Å². The summed E-state index contributed by atoms with van der Waals surface area (Å²) in [6.45, 7) is 4.49. The first kappa shape index (κ1) is 10.3. The van der Waals surface area contributed by atoms with Crippen molar-refractivity contribution in [1.82, 2.24) is 4.90 Å². The predicted molar refractivity (Wildman–Crippen MR) is 60.3 cm³/mol. The molecule has 0 amide bonds. The van der Waals surface area contributed by atoms with Gasteiger partial charge in [0, 0.05) is 5.25 Å². The molecule has 2 nitrogen and oxygen atoms in total. The lowest BCUT2D eigenvalue weighted by Crippen LogP contribution is -2.53. The first-order chi connectivity index (χ1) is 6.79. The SMILES string of the molecule is CC1SCCC1(C#N)N1CCCCC1. The van der Waals surface area contributed by atoms with Gasteiger partial charge in [0.15, 0.2) is 0 Å². The second-order valence-corrected chi connectivity index (χ2v) is 5.80. The van der Waals surface area contributed by atoms with Crippen LogP contribution in [0.25, 0.3) is 0 Å². The smallest absolute Gasteiger partial charge is 0.121 e. The highest BCUT2D eigenvalue weighted by Crippen LogP contribution is 2.40. The van der Waals surface area contributed by atoms with E-state index >= 15 is 0 Å². The first-order valence-corrected chi connectivity index (χ1v) is 6.62. The van der Waals surface area contributed by atoms with Crippen molar-refractivity contribution in [3.63, 3.8) is 0 Å². The molecule has 78 valence electrons. The Labute approximate surface area is 90.7 Å². The lowest BCUT2D eigenvalue weighted by Gasteiger charge is -2.40. The van der Waals surface area contributed by atoms with Crippen LogP contribution in [-0.2, 0) is 0 Å². The predicted octanol–water partition coefficient (Wildman–Crippen LogP) is 2.26. The Morgan fingerprint density at radius 2 is 2.07 bits per heavy atom. The van der Waals surface area contributed by atoms with Gasteiger partial charge in [0.05, 0.1) is 6.07 Å². The summed E-state index contributed by atoms with van der Waals surface area (Å²) >= 11 is 1.96. The molecule has 0 spiro atoms. The Hall–Kier alpha value is -0.200. The number of rotatable bonds is 1. The Balaban J connectivity index is 2.14. The van der Waals surface area contributed by atoms with Crippen molar-refractivity contribution in [3.05, 3.63) is 0 Å². The van der Waals surface area contributed by atoms with Crippen LogP contribution in [0.3, 0.4) is 0 Å². The number of thioether (sulfide) groups is 1. The second-order valence-electron chi connectivity index (χ2n) is 4.35. The van der Waals surface area contributed by atoms with Gasteiger partial charge in [-0.1, -0.05) is 13.3 Å². The average Bonchev–Trinajstić information content (AvgIpc) is 2.62. The Bertz CT molecular complexity index is 242. The minimum atomic E-state index is -0.134. The summed E-state index contributed by atoms with van der Waals surface area (Å²) in [6.07, 6.45) is 4.97. The fourth-order valence-corrected chi connectivity index (χ4v) is 4.04. The number of hydrogen-bond acceptors (Lipinski definition) is 3. The van der Waals surface area contributed by atoms with Crippen molar-refractivity contribution < 1.29 is 0 Å².